The Kier molecular flexibility index (Phi) is 5.07. The van der Waals surface area contributed by atoms with E-state index < -0.39 is 0 Å². The average molecular weight is 426 g/mol. The zero-order valence-electron chi connectivity index (χ0n) is 15.1. The van der Waals surface area contributed by atoms with Crippen molar-refractivity contribution in [3.8, 4) is 11.4 Å². The van der Waals surface area contributed by atoms with Crippen LogP contribution in [0.1, 0.15) is 42.8 Å². The lowest BCUT2D eigenvalue weighted by Gasteiger charge is -2.22. The van der Waals surface area contributed by atoms with Gasteiger partial charge in [-0.15, -0.1) is 0 Å². The second-order valence-electron chi connectivity index (χ2n) is 6.71. The Bertz CT molecular complexity index is 935. The lowest BCUT2D eigenvalue weighted by Crippen LogP contribution is -2.27. The van der Waals surface area contributed by atoms with Gasteiger partial charge in [-0.3, -0.25) is 4.79 Å². The molecule has 6 heteroatoms. The highest BCUT2D eigenvalue weighted by Crippen LogP contribution is 2.34. The van der Waals surface area contributed by atoms with Crippen LogP contribution in [0.5, 0.6) is 0 Å². The molecule has 0 radical (unpaired) electrons. The number of benzene rings is 2. The molecule has 3 aromatic rings. The van der Waals surface area contributed by atoms with Gasteiger partial charge in [0.05, 0.1) is 0 Å². The maximum atomic E-state index is 12.4. The highest BCUT2D eigenvalue weighted by Gasteiger charge is 2.36. The summed E-state index contributed by atoms with van der Waals surface area (Å²) in [7, 11) is 0. The van der Waals surface area contributed by atoms with Crippen LogP contribution in [0.3, 0.4) is 0 Å². The first-order chi connectivity index (χ1) is 13.1. The summed E-state index contributed by atoms with van der Waals surface area (Å²) < 4.78 is 6.55. The van der Waals surface area contributed by atoms with Gasteiger partial charge in [-0.05, 0) is 36.1 Å². The molecule has 0 N–H and O–H groups in total. The van der Waals surface area contributed by atoms with Gasteiger partial charge in [-0.2, -0.15) is 4.98 Å². The number of hydrogen-bond acceptors (Lipinski definition) is 4. The Morgan fingerprint density at radius 3 is 2.52 bits per heavy atom. The molecule has 2 aromatic carbocycles. The summed E-state index contributed by atoms with van der Waals surface area (Å²) in [5.74, 6) is 1.19. The molecule has 1 atom stereocenters. The molecule has 1 aliphatic heterocycles. The van der Waals surface area contributed by atoms with Gasteiger partial charge in [0.15, 0.2) is 0 Å². The number of amides is 1. The number of nitrogens with zero attached hydrogens (tertiary/aromatic N) is 3. The molecule has 5 nitrogen and oxygen atoms in total. The average Bonchev–Trinajstić information content (AvgIpc) is 3.31. The number of carbonyl (C=O) groups excluding carboxylic acids is 1. The molecule has 2 heterocycles. The second kappa shape index (κ2) is 7.64. The number of hydrogen-bond donors (Lipinski definition) is 0. The van der Waals surface area contributed by atoms with Crippen molar-refractivity contribution in [1.29, 1.82) is 0 Å². The lowest BCUT2D eigenvalue weighted by molar-refractivity contribution is -0.129. The van der Waals surface area contributed by atoms with Crippen molar-refractivity contribution in [3.05, 3.63) is 70.0 Å². The molecule has 0 aliphatic carbocycles. The quantitative estimate of drug-likeness (QED) is 0.581. The van der Waals surface area contributed by atoms with Crippen LogP contribution < -0.4 is 0 Å². The van der Waals surface area contributed by atoms with Crippen molar-refractivity contribution >= 4 is 21.8 Å². The van der Waals surface area contributed by atoms with E-state index in [-0.39, 0.29) is 11.9 Å². The van der Waals surface area contributed by atoms with Crippen molar-refractivity contribution in [3.63, 3.8) is 0 Å². The van der Waals surface area contributed by atoms with Crippen molar-refractivity contribution in [1.82, 2.24) is 15.0 Å². The third-order valence-electron chi connectivity index (χ3n) is 4.94. The number of likely N-dealkylation sites (tertiary alicyclic amines) is 1. The van der Waals surface area contributed by atoms with E-state index in [2.05, 4.69) is 45.1 Å². The number of carbonyl (C=O) groups is 1. The molecule has 1 aliphatic rings. The predicted molar refractivity (Wildman–Crippen MR) is 106 cm³/mol. The number of aryl methyl sites for hydroxylation is 1. The molecule has 1 aromatic heterocycles. The van der Waals surface area contributed by atoms with Crippen molar-refractivity contribution in [2.75, 3.05) is 0 Å². The molecular weight excluding hydrogens is 406 g/mol. The minimum Gasteiger partial charge on any atom is -0.337 e. The predicted octanol–water partition coefficient (Wildman–Crippen LogP) is 4.93. The zero-order chi connectivity index (χ0) is 18.8. The highest BCUT2D eigenvalue weighted by molar-refractivity contribution is 9.10. The third kappa shape index (κ3) is 3.81. The summed E-state index contributed by atoms with van der Waals surface area (Å²) in [4.78, 5) is 18.8. The van der Waals surface area contributed by atoms with Crippen molar-refractivity contribution in [2.24, 2.45) is 0 Å². The van der Waals surface area contributed by atoms with Crippen molar-refractivity contribution in [2.45, 2.75) is 38.8 Å². The molecule has 1 saturated heterocycles. The second-order valence-corrected chi connectivity index (χ2v) is 7.62. The van der Waals surface area contributed by atoms with Gasteiger partial charge < -0.3 is 9.42 Å². The lowest BCUT2D eigenvalue weighted by atomic mass is 10.1. The molecule has 4 rings (SSSR count). The van der Waals surface area contributed by atoms with Crippen LogP contribution in [0.2, 0.25) is 0 Å². The molecule has 1 amide bonds. The van der Waals surface area contributed by atoms with Gasteiger partial charge >= 0.3 is 0 Å². The van der Waals surface area contributed by atoms with Crippen molar-refractivity contribution < 1.29 is 9.32 Å². The fourth-order valence-corrected chi connectivity index (χ4v) is 3.62. The van der Waals surface area contributed by atoms with Crippen LogP contribution in [0.4, 0.5) is 0 Å². The van der Waals surface area contributed by atoms with E-state index in [4.69, 9.17) is 4.52 Å². The van der Waals surface area contributed by atoms with E-state index in [1.54, 1.807) is 0 Å². The number of rotatable bonds is 5. The molecule has 0 bridgehead atoms. The molecule has 1 unspecified atom stereocenters. The van der Waals surface area contributed by atoms with Crippen LogP contribution in [0, 0.1) is 0 Å². The van der Waals surface area contributed by atoms with Gasteiger partial charge in [0.25, 0.3) is 0 Å². The van der Waals surface area contributed by atoms with Gasteiger partial charge in [-0.25, -0.2) is 0 Å². The van der Waals surface area contributed by atoms with Crippen LogP contribution in [-0.4, -0.2) is 20.9 Å². The van der Waals surface area contributed by atoms with Gasteiger partial charge in [0.1, 0.15) is 6.04 Å². The summed E-state index contributed by atoms with van der Waals surface area (Å²) in [6.07, 6.45) is 2.20. The van der Waals surface area contributed by atoms with E-state index >= 15 is 0 Å². The summed E-state index contributed by atoms with van der Waals surface area (Å²) in [5, 5.41) is 4.13. The zero-order valence-corrected chi connectivity index (χ0v) is 16.6. The van der Waals surface area contributed by atoms with E-state index in [0.29, 0.717) is 31.1 Å². The Morgan fingerprint density at radius 2 is 1.81 bits per heavy atom. The Morgan fingerprint density at radius 1 is 1.11 bits per heavy atom. The Balaban J connectivity index is 1.55. The minimum absolute atomic E-state index is 0.120. The van der Waals surface area contributed by atoms with E-state index in [0.717, 1.165) is 22.0 Å². The Labute approximate surface area is 166 Å². The van der Waals surface area contributed by atoms with Gasteiger partial charge in [0, 0.05) is 23.0 Å². The molecule has 27 heavy (non-hydrogen) atoms. The smallest absolute Gasteiger partial charge is 0.249 e. The molecule has 138 valence electrons. The SMILES string of the molecule is CCc1ccc(-c2noc(C3CCC(=O)N3Cc3ccc(Br)cc3)n2)cc1. The standard InChI is InChI=1S/C21H20BrN3O2/c1-2-14-3-7-16(8-4-14)20-23-21(27-24-20)18-11-12-19(26)25(18)13-15-5-9-17(22)10-6-15/h3-10,18H,2,11-13H2,1H3. The fraction of sp³-hybridized carbons (Fsp3) is 0.286. The minimum atomic E-state index is -0.169. The summed E-state index contributed by atoms with van der Waals surface area (Å²) >= 11 is 3.44. The molecule has 1 fully saturated rings. The fourth-order valence-electron chi connectivity index (χ4n) is 3.35. The van der Waals surface area contributed by atoms with Crippen LogP contribution in [0.15, 0.2) is 57.5 Å². The molecule has 0 spiro atoms. The van der Waals surface area contributed by atoms with E-state index in [9.17, 15) is 4.79 Å². The first-order valence-corrected chi connectivity index (χ1v) is 9.90. The molecule has 0 saturated carbocycles. The van der Waals surface area contributed by atoms with E-state index in [1.165, 1.54) is 5.56 Å². The van der Waals surface area contributed by atoms with Gasteiger partial charge in [-0.1, -0.05) is 64.4 Å². The number of halogens is 1. The molecular formula is C21H20BrN3O2. The highest BCUT2D eigenvalue weighted by atomic mass is 79.9. The normalized spacial score (nSPS) is 16.9. The largest absolute Gasteiger partial charge is 0.337 e. The maximum absolute atomic E-state index is 12.4. The topological polar surface area (TPSA) is 59.2 Å². The summed E-state index contributed by atoms with van der Waals surface area (Å²) in [6.45, 7) is 2.66. The van der Waals surface area contributed by atoms with Crippen LogP contribution in [0.25, 0.3) is 11.4 Å². The number of aromatic nitrogens is 2. The third-order valence-corrected chi connectivity index (χ3v) is 5.47. The first kappa shape index (κ1) is 17.9. The summed E-state index contributed by atoms with van der Waals surface area (Å²) in [5.41, 5.74) is 3.27. The van der Waals surface area contributed by atoms with Gasteiger partial charge in [0.2, 0.25) is 17.6 Å². The Hall–Kier alpha value is -2.47. The maximum Gasteiger partial charge on any atom is 0.249 e. The van der Waals surface area contributed by atoms with Crippen LogP contribution in [-0.2, 0) is 17.8 Å². The monoisotopic (exact) mass is 425 g/mol. The van der Waals surface area contributed by atoms with Crippen LogP contribution >= 0.6 is 15.9 Å². The first-order valence-electron chi connectivity index (χ1n) is 9.11. The van der Waals surface area contributed by atoms with E-state index in [1.807, 2.05) is 41.3 Å². The summed E-state index contributed by atoms with van der Waals surface area (Å²) in [6, 6.07) is 16.0.